The van der Waals surface area contributed by atoms with Gasteiger partial charge in [0, 0.05) is 12.8 Å². The summed E-state index contributed by atoms with van der Waals surface area (Å²) in [5.41, 5.74) is 10.2. The molecule has 0 unspecified atom stereocenters. The highest BCUT2D eigenvalue weighted by Crippen LogP contribution is 2.51. The first-order valence-corrected chi connectivity index (χ1v) is 18.1. The Bertz CT molecular complexity index is 1960. The number of nitrogens with zero attached hydrogens (tertiary/aromatic N) is 1. The number of para-hydroxylation sites is 1. The minimum absolute atomic E-state index is 0.225. The molecule has 3 aliphatic rings. The number of benzene rings is 4. The average Bonchev–Trinajstić information content (AvgIpc) is 3.40. The number of fused-ring (bicyclic) bond motifs is 10. The van der Waals surface area contributed by atoms with Gasteiger partial charge in [0.15, 0.2) is 0 Å². The third-order valence-electron chi connectivity index (χ3n) is 10.2. The molecular formula is C43H43NO6. The van der Waals surface area contributed by atoms with Gasteiger partial charge in [-0.25, -0.2) is 4.90 Å². The smallest absolute Gasteiger partial charge is 0.266 e. The summed E-state index contributed by atoms with van der Waals surface area (Å²) in [6.45, 7) is 2.82. The highest BCUT2D eigenvalue weighted by atomic mass is 16.5. The molecule has 0 radical (unpaired) electrons. The largest absolute Gasteiger partial charge is 0.494 e. The summed E-state index contributed by atoms with van der Waals surface area (Å²) in [5.74, 6) is 1.38. The zero-order valence-corrected chi connectivity index (χ0v) is 28.7. The second kappa shape index (κ2) is 14.8. The summed E-state index contributed by atoms with van der Waals surface area (Å²) < 4.78 is 12.3. The van der Waals surface area contributed by atoms with E-state index < -0.39 is 0 Å². The molecule has 0 spiro atoms. The Kier molecular flexibility index (Phi) is 9.92. The van der Waals surface area contributed by atoms with Crippen molar-refractivity contribution in [3.8, 4) is 33.8 Å². The third kappa shape index (κ3) is 6.49. The molecule has 256 valence electrons. The van der Waals surface area contributed by atoms with E-state index in [2.05, 4.69) is 24.3 Å². The van der Waals surface area contributed by atoms with Crippen molar-refractivity contribution in [2.24, 2.45) is 0 Å². The number of carbonyl (C=O) groups excluding carboxylic acids is 4. The zero-order valence-electron chi connectivity index (χ0n) is 28.7. The molecule has 0 fully saturated rings. The van der Waals surface area contributed by atoms with Gasteiger partial charge in [-0.05, 0) is 152 Å². The Hall–Kier alpha value is -5.04. The van der Waals surface area contributed by atoms with Gasteiger partial charge in [0.25, 0.3) is 11.8 Å². The number of amides is 2. The van der Waals surface area contributed by atoms with Crippen LogP contribution in [0.4, 0.5) is 5.69 Å². The van der Waals surface area contributed by atoms with Gasteiger partial charge in [0.2, 0.25) is 0 Å². The number of ketones is 1. The molecule has 50 heavy (non-hydrogen) atoms. The fraction of sp³-hybridized carbons (Fsp3) is 0.349. The molecule has 2 aliphatic carbocycles. The number of hydrogen-bond acceptors (Lipinski definition) is 6. The first kappa shape index (κ1) is 33.5. The number of anilines is 1. The number of imide groups is 1. The zero-order chi connectivity index (χ0) is 34.6. The lowest BCUT2D eigenvalue weighted by Crippen LogP contribution is -2.29. The molecule has 7 rings (SSSR count). The molecular weight excluding hydrogens is 626 g/mol. The van der Waals surface area contributed by atoms with Crippen molar-refractivity contribution in [3.63, 3.8) is 0 Å². The molecule has 0 bridgehead atoms. The fourth-order valence-electron chi connectivity index (χ4n) is 7.83. The van der Waals surface area contributed by atoms with Crippen LogP contribution in [0, 0.1) is 0 Å². The molecule has 4 aromatic rings. The normalized spacial score (nSPS) is 14.0. The molecule has 7 heteroatoms. The maximum atomic E-state index is 14.3. The fourth-order valence-corrected chi connectivity index (χ4v) is 7.83. The van der Waals surface area contributed by atoms with E-state index in [1.807, 2.05) is 42.5 Å². The summed E-state index contributed by atoms with van der Waals surface area (Å²) in [6, 6.07) is 21.8. The second-order valence-electron chi connectivity index (χ2n) is 13.6. The lowest BCUT2D eigenvalue weighted by atomic mass is 9.72. The van der Waals surface area contributed by atoms with E-state index in [0.29, 0.717) is 55.7 Å². The van der Waals surface area contributed by atoms with Crippen molar-refractivity contribution < 1.29 is 28.7 Å². The number of carbonyl (C=O) groups is 4. The first-order chi connectivity index (χ1) is 24.5. The molecule has 0 atom stereocenters. The van der Waals surface area contributed by atoms with Crippen LogP contribution >= 0.6 is 0 Å². The predicted molar refractivity (Wildman–Crippen MR) is 194 cm³/mol. The topological polar surface area (TPSA) is 90.0 Å². The van der Waals surface area contributed by atoms with Crippen LogP contribution in [-0.4, -0.2) is 37.1 Å². The molecule has 4 aromatic carbocycles. The minimum Gasteiger partial charge on any atom is -0.494 e. The third-order valence-corrected chi connectivity index (χ3v) is 10.2. The molecule has 0 saturated carbocycles. The van der Waals surface area contributed by atoms with E-state index in [9.17, 15) is 19.2 Å². The number of aryl methyl sites for hydroxylation is 2. The van der Waals surface area contributed by atoms with Crippen LogP contribution in [-0.2, 0) is 35.3 Å². The van der Waals surface area contributed by atoms with Crippen molar-refractivity contribution in [1.29, 1.82) is 0 Å². The number of unbranched alkanes of at least 4 members (excludes halogenated alkanes) is 5. The lowest BCUT2D eigenvalue weighted by molar-refractivity contribution is -0.117. The minimum atomic E-state index is -0.244. The van der Waals surface area contributed by atoms with E-state index in [0.717, 1.165) is 103 Å². The SMILES string of the molecule is CC(=O)CCCCCOc1ccc2c(c1)CCc1c3c(c4c(c1-2)-c1ccc(OCCCCCC=O)cc1CC4)C(=O)N(c1ccccc1)C3=O. The summed E-state index contributed by atoms with van der Waals surface area (Å²) in [5, 5.41) is 0. The quantitative estimate of drug-likeness (QED) is 0.0715. The number of aldehydes is 1. The van der Waals surface area contributed by atoms with Crippen LogP contribution in [0.3, 0.4) is 0 Å². The molecule has 1 heterocycles. The molecule has 1 aliphatic heterocycles. The Morgan fingerprint density at radius 1 is 0.660 bits per heavy atom. The van der Waals surface area contributed by atoms with Crippen LogP contribution < -0.4 is 14.4 Å². The van der Waals surface area contributed by atoms with Crippen molar-refractivity contribution in [2.75, 3.05) is 18.1 Å². The van der Waals surface area contributed by atoms with Gasteiger partial charge in [0.1, 0.15) is 23.6 Å². The Labute approximate surface area is 293 Å². The van der Waals surface area contributed by atoms with E-state index >= 15 is 0 Å². The lowest BCUT2D eigenvalue weighted by Gasteiger charge is -2.31. The van der Waals surface area contributed by atoms with Crippen LogP contribution in [0.15, 0.2) is 66.7 Å². The van der Waals surface area contributed by atoms with Gasteiger partial charge >= 0.3 is 0 Å². The maximum Gasteiger partial charge on any atom is 0.266 e. The van der Waals surface area contributed by atoms with E-state index in [1.165, 1.54) is 16.0 Å². The summed E-state index contributed by atoms with van der Waals surface area (Å²) in [6.07, 6.45) is 10.4. The monoisotopic (exact) mass is 669 g/mol. The summed E-state index contributed by atoms with van der Waals surface area (Å²) >= 11 is 0. The number of hydrogen-bond donors (Lipinski definition) is 0. The van der Waals surface area contributed by atoms with Gasteiger partial charge in [-0.2, -0.15) is 0 Å². The van der Waals surface area contributed by atoms with Gasteiger partial charge in [-0.15, -0.1) is 0 Å². The number of ether oxygens (including phenoxy) is 2. The van der Waals surface area contributed by atoms with Crippen LogP contribution in [0.25, 0.3) is 22.3 Å². The molecule has 0 N–H and O–H groups in total. The van der Waals surface area contributed by atoms with Gasteiger partial charge < -0.3 is 19.1 Å². The highest BCUT2D eigenvalue weighted by molar-refractivity contribution is 6.36. The standard InChI is InChI=1S/C43H43NO6/c1-28(46)12-6-5-11-25-50-33-18-22-35-30(27-33)16-20-37-39(35)38-34-21-17-32(49-24-10-3-2-9-23-45)26-29(34)15-19-36(38)40-41(37)43(48)44(42(40)47)31-13-7-4-8-14-31/h4,7-8,13-14,17-18,21-23,26-27H,2-3,5-6,9-12,15-16,19-20,24-25H2,1H3. The van der Waals surface area contributed by atoms with E-state index in [-0.39, 0.29) is 17.6 Å². The van der Waals surface area contributed by atoms with Crippen LogP contribution in [0.2, 0.25) is 0 Å². The summed E-state index contributed by atoms with van der Waals surface area (Å²) in [7, 11) is 0. The van der Waals surface area contributed by atoms with Crippen molar-refractivity contribution in [2.45, 2.75) is 84.0 Å². The van der Waals surface area contributed by atoms with Crippen molar-refractivity contribution in [3.05, 3.63) is 100 Å². The van der Waals surface area contributed by atoms with Gasteiger partial charge in [-0.3, -0.25) is 9.59 Å². The molecule has 0 saturated heterocycles. The molecule has 0 aromatic heterocycles. The van der Waals surface area contributed by atoms with Crippen molar-refractivity contribution in [1.82, 2.24) is 0 Å². The summed E-state index contributed by atoms with van der Waals surface area (Å²) in [4.78, 5) is 51.8. The van der Waals surface area contributed by atoms with Crippen LogP contribution in [0.1, 0.15) is 101 Å². The Morgan fingerprint density at radius 2 is 1.20 bits per heavy atom. The maximum absolute atomic E-state index is 14.3. The highest BCUT2D eigenvalue weighted by Gasteiger charge is 2.44. The number of rotatable bonds is 15. The predicted octanol–water partition coefficient (Wildman–Crippen LogP) is 8.68. The van der Waals surface area contributed by atoms with Crippen molar-refractivity contribution >= 4 is 29.6 Å². The number of Topliss-reactive ketones (excluding diaryl/α,β-unsaturated/α-hetero) is 1. The van der Waals surface area contributed by atoms with E-state index in [1.54, 1.807) is 6.92 Å². The Balaban J connectivity index is 1.26. The Morgan fingerprint density at radius 3 is 1.72 bits per heavy atom. The van der Waals surface area contributed by atoms with Gasteiger partial charge in [-0.1, -0.05) is 30.3 Å². The van der Waals surface area contributed by atoms with Gasteiger partial charge in [0.05, 0.1) is 30.0 Å². The average molecular weight is 670 g/mol. The molecule has 7 nitrogen and oxygen atoms in total. The first-order valence-electron chi connectivity index (χ1n) is 18.1. The van der Waals surface area contributed by atoms with Crippen LogP contribution in [0.5, 0.6) is 11.5 Å². The van der Waals surface area contributed by atoms with E-state index in [4.69, 9.17) is 9.47 Å². The molecule has 2 amide bonds. The second-order valence-corrected chi connectivity index (χ2v) is 13.6.